The van der Waals surface area contributed by atoms with Gasteiger partial charge in [0.05, 0.1) is 27.9 Å². The molecule has 0 unspecified atom stereocenters. The van der Waals surface area contributed by atoms with Gasteiger partial charge in [-0.15, -0.1) is 0 Å². The van der Waals surface area contributed by atoms with Crippen LogP contribution >= 0.6 is 11.6 Å². The van der Waals surface area contributed by atoms with Crippen molar-refractivity contribution >= 4 is 23.2 Å². The van der Waals surface area contributed by atoms with Gasteiger partial charge in [-0.1, -0.05) is 17.7 Å². The second-order valence-electron chi connectivity index (χ2n) is 9.17. The van der Waals surface area contributed by atoms with E-state index in [2.05, 4.69) is 15.4 Å². The average molecular weight is 545 g/mol. The van der Waals surface area contributed by atoms with E-state index in [1.165, 1.54) is 30.7 Å². The maximum Gasteiger partial charge on any atom is 0.425 e. The maximum atomic E-state index is 15.3. The van der Waals surface area contributed by atoms with Gasteiger partial charge in [0.2, 0.25) is 0 Å². The first-order chi connectivity index (χ1) is 17.2. The summed E-state index contributed by atoms with van der Waals surface area (Å²) in [6.07, 6.45) is -5.65. The van der Waals surface area contributed by atoms with Gasteiger partial charge in [-0.25, -0.2) is 18.4 Å². The van der Waals surface area contributed by atoms with Crippen LogP contribution in [0.2, 0.25) is 5.02 Å². The van der Waals surface area contributed by atoms with E-state index in [4.69, 9.17) is 16.3 Å². The van der Waals surface area contributed by atoms with Gasteiger partial charge in [0, 0.05) is 0 Å². The van der Waals surface area contributed by atoms with E-state index in [-0.39, 0.29) is 28.3 Å². The van der Waals surface area contributed by atoms with Crippen molar-refractivity contribution in [2.24, 2.45) is 0 Å². The Morgan fingerprint density at radius 1 is 1.22 bits per heavy atom. The lowest BCUT2D eigenvalue weighted by Crippen LogP contribution is -2.32. The van der Waals surface area contributed by atoms with E-state index in [1.54, 1.807) is 0 Å². The van der Waals surface area contributed by atoms with E-state index in [0.717, 1.165) is 25.0 Å². The van der Waals surface area contributed by atoms with Gasteiger partial charge in [0.1, 0.15) is 23.0 Å². The standard InChI is InChI=1S/C24H22ClF5N4O3/c1-11(24(28,29)30)37-18-10-13(20-32-22(23(2,3)36)34(33-20)12-7-8-12)17(27)9-14(18)21(35)31-19-15(25)5-4-6-16(19)26/h4-6,9-12,36H,7-8H2,1-3H3,(H,31,35)/t11-/m0/s1. The van der Waals surface area contributed by atoms with Crippen LogP contribution in [0, 0.1) is 11.6 Å². The molecule has 0 aliphatic heterocycles. The van der Waals surface area contributed by atoms with Crippen molar-refractivity contribution in [2.45, 2.75) is 57.5 Å². The number of alkyl halides is 3. The van der Waals surface area contributed by atoms with Crippen LogP contribution in [0.5, 0.6) is 5.75 Å². The molecule has 1 aromatic heterocycles. The largest absolute Gasteiger partial charge is 0.480 e. The van der Waals surface area contributed by atoms with Gasteiger partial charge in [-0.05, 0) is 57.9 Å². The molecule has 1 amide bonds. The van der Waals surface area contributed by atoms with Crippen molar-refractivity contribution in [3.8, 4) is 17.1 Å². The highest BCUT2D eigenvalue weighted by Gasteiger charge is 2.39. The lowest BCUT2D eigenvalue weighted by molar-refractivity contribution is -0.189. The van der Waals surface area contributed by atoms with Crippen molar-refractivity contribution in [2.75, 3.05) is 5.32 Å². The van der Waals surface area contributed by atoms with Gasteiger partial charge in [0.25, 0.3) is 5.91 Å². The van der Waals surface area contributed by atoms with Crippen LogP contribution in [0.4, 0.5) is 27.6 Å². The van der Waals surface area contributed by atoms with Gasteiger partial charge in [-0.3, -0.25) is 4.79 Å². The normalized spacial score (nSPS) is 15.0. The molecule has 0 spiro atoms. The summed E-state index contributed by atoms with van der Waals surface area (Å²) < 4.78 is 75.8. The third-order valence-electron chi connectivity index (χ3n) is 5.59. The third kappa shape index (κ3) is 5.69. The molecule has 4 rings (SSSR count). The molecule has 1 fully saturated rings. The summed E-state index contributed by atoms with van der Waals surface area (Å²) in [5.74, 6) is -3.82. The number of nitrogens with zero attached hydrogens (tertiary/aromatic N) is 3. The minimum absolute atomic E-state index is 0.0534. The Hall–Kier alpha value is -3.25. The second-order valence-corrected chi connectivity index (χ2v) is 9.58. The number of rotatable bonds is 7. The van der Waals surface area contributed by atoms with Gasteiger partial charge in [-0.2, -0.15) is 18.3 Å². The van der Waals surface area contributed by atoms with Crippen molar-refractivity contribution in [3.63, 3.8) is 0 Å². The monoisotopic (exact) mass is 544 g/mol. The van der Waals surface area contributed by atoms with E-state index in [9.17, 15) is 27.5 Å². The Bertz CT molecular complexity index is 1330. The molecular formula is C24H22ClF5N4O3. The Kier molecular flexibility index (Phi) is 6.93. The quantitative estimate of drug-likeness (QED) is 0.355. The summed E-state index contributed by atoms with van der Waals surface area (Å²) >= 11 is 5.92. The number of hydrogen-bond acceptors (Lipinski definition) is 5. The van der Waals surface area contributed by atoms with Crippen LogP contribution in [0.3, 0.4) is 0 Å². The Morgan fingerprint density at radius 3 is 2.46 bits per heavy atom. The fourth-order valence-corrected chi connectivity index (χ4v) is 3.69. The summed E-state index contributed by atoms with van der Waals surface area (Å²) in [6.45, 7) is 3.65. The lowest BCUT2D eigenvalue weighted by atomic mass is 10.1. The first-order valence-corrected chi connectivity index (χ1v) is 11.6. The molecule has 1 aliphatic carbocycles. The number of carbonyl (C=O) groups is 1. The molecule has 37 heavy (non-hydrogen) atoms. The number of carbonyl (C=O) groups excluding carboxylic acids is 1. The van der Waals surface area contributed by atoms with Crippen molar-refractivity contribution in [1.82, 2.24) is 14.8 Å². The first-order valence-electron chi connectivity index (χ1n) is 11.2. The molecule has 198 valence electrons. The summed E-state index contributed by atoms with van der Waals surface area (Å²) in [4.78, 5) is 17.1. The molecule has 0 bridgehead atoms. The van der Waals surface area contributed by atoms with Crippen LogP contribution < -0.4 is 10.1 Å². The fourth-order valence-electron chi connectivity index (χ4n) is 3.48. The molecule has 2 N–H and O–H groups in total. The minimum Gasteiger partial charge on any atom is -0.480 e. The van der Waals surface area contributed by atoms with Crippen LogP contribution in [-0.4, -0.2) is 38.1 Å². The zero-order chi connectivity index (χ0) is 27.3. The van der Waals surface area contributed by atoms with Crippen molar-refractivity contribution in [1.29, 1.82) is 0 Å². The number of amides is 1. The van der Waals surface area contributed by atoms with Crippen LogP contribution in [-0.2, 0) is 5.60 Å². The summed E-state index contributed by atoms with van der Waals surface area (Å²) in [6, 6.07) is 5.06. The number of para-hydroxylation sites is 1. The number of nitrogens with one attached hydrogen (secondary N) is 1. The van der Waals surface area contributed by atoms with Crippen molar-refractivity contribution in [3.05, 3.63) is 58.4 Å². The highest BCUT2D eigenvalue weighted by molar-refractivity contribution is 6.34. The summed E-state index contributed by atoms with van der Waals surface area (Å²) in [5, 5.41) is 16.7. The van der Waals surface area contributed by atoms with Crippen LogP contribution in [0.15, 0.2) is 30.3 Å². The zero-order valence-corrected chi connectivity index (χ0v) is 20.6. The van der Waals surface area contributed by atoms with Crippen LogP contribution in [0.25, 0.3) is 11.4 Å². The Labute approximate surface area is 213 Å². The van der Waals surface area contributed by atoms with Gasteiger partial charge < -0.3 is 15.2 Å². The fraction of sp³-hybridized carbons (Fsp3) is 0.375. The minimum atomic E-state index is -4.81. The average Bonchev–Trinajstić information content (AvgIpc) is 3.53. The zero-order valence-electron chi connectivity index (χ0n) is 19.8. The van der Waals surface area contributed by atoms with Gasteiger partial charge in [0.15, 0.2) is 17.8 Å². The molecule has 0 radical (unpaired) electrons. The first kappa shape index (κ1) is 26.8. The predicted molar refractivity (Wildman–Crippen MR) is 124 cm³/mol. The molecule has 7 nitrogen and oxygen atoms in total. The Balaban J connectivity index is 1.80. The number of halogens is 6. The molecular weight excluding hydrogens is 523 g/mol. The maximum absolute atomic E-state index is 15.3. The number of aliphatic hydroxyl groups is 1. The van der Waals surface area contributed by atoms with E-state index in [1.807, 2.05) is 0 Å². The Morgan fingerprint density at radius 2 is 1.89 bits per heavy atom. The van der Waals surface area contributed by atoms with Gasteiger partial charge >= 0.3 is 6.18 Å². The predicted octanol–water partition coefficient (Wildman–Crippen LogP) is 6.02. The molecule has 1 atom stereocenters. The van der Waals surface area contributed by atoms with E-state index in [0.29, 0.717) is 13.0 Å². The smallest absolute Gasteiger partial charge is 0.425 e. The second kappa shape index (κ2) is 9.56. The topological polar surface area (TPSA) is 89.3 Å². The molecule has 1 aliphatic rings. The molecule has 3 aromatic rings. The lowest BCUT2D eigenvalue weighted by Gasteiger charge is -2.20. The molecule has 13 heteroatoms. The van der Waals surface area contributed by atoms with E-state index < -0.39 is 52.4 Å². The number of aromatic nitrogens is 3. The third-order valence-corrected chi connectivity index (χ3v) is 5.91. The number of benzene rings is 2. The molecule has 0 saturated heterocycles. The SMILES string of the molecule is C[C@H](Oc1cc(-c2nc(C(C)(C)O)n(C3CC3)n2)c(F)cc1C(=O)Nc1c(F)cccc1Cl)C(F)(F)F. The number of hydrogen-bond donors (Lipinski definition) is 2. The highest BCUT2D eigenvalue weighted by Crippen LogP contribution is 2.39. The molecule has 1 saturated carbocycles. The number of anilines is 1. The number of ether oxygens (including phenoxy) is 1. The van der Waals surface area contributed by atoms with E-state index >= 15 is 4.39 Å². The van der Waals surface area contributed by atoms with Crippen molar-refractivity contribution < 1.29 is 36.6 Å². The van der Waals surface area contributed by atoms with Crippen LogP contribution in [0.1, 0.15) is 55.8 Å². The highest BCUT2D eigenvalue weighted by atomic mass is 35.5. The molecule has 2 aromatic carbocycles. The summed E-state index contributed by atoms with van der Waals surface area (Å²) in [5.41, 5.74) is -2.86. The molecule has 1 heterocycles. The summed E-state index contributed by atoms with van der Waals surface area (Å²) in [7, 11) is 0.